The second-order valence-electron chi connectivity index (χ2n) is 4.44. The highest BCUT2D eigenvalue weighted by Gasteiger charge is 2.12. The van der Waals surface area contributed by atoms with E-state index in [0.717, 1.165) is 5.56 Å². The lowest BCUT2D eigenvalue weighted by Crippen LogP contribution is -2.24. The fourth-order valence-corrected chi connectivity index (χ4v) is 2.01. The first-order chi connectivity index (χ1) is 10.3. The predicted octanol–water partition coefficient (Wildman–Crippen LogP) is 1.59. The summed E-state index contributed by atoms with van der Waals surface area (Å²) in [5.41, 5.74) is 2.22. The largest absolute Gasteiger partial charge is 0.348 e. The summed E-state index contributed by atoms with van der Waals surface area (Å²) in [6, 6.07) is 17.0. The molecule has 3 rings (SSSR count). The molecule has 0 bridgehead atoms. The Labute approximate surface area is 121 Å². The van der Waals surface area contributed by atoms with E-state index in [2.05, 4.69) is 20.8 Å². The van der Waals surface area contributed by atoms with E-state index < -0.39 is 0 Å². The van der Waals surface area contributed by atoms with Crippen molar-refractivity contribution in [3.63, 3.8) is 0 Å². The molecule has 104 valence electrons. The third kappa shape index (κ3) is 2.94. The Balaban J connectivity index is 1.79. The lowest BCUT2D eigenvalue weighted by molar-refractivity contribution is 0.0950. The van der Waals surface area contributed by atoms with Crippen LogP contribution in [-0.2, 0) is 6.54 Å². The Morgan fingerprint density at radius 2 is 1.81 bits per heavy atom. The van der Waals surface area contributed by atoms with Crippen LogP contribution in [0, 0.1) is 0 Å². The third-order valence-corrected chi connectivity index (χ3v) is 3.04. The number of hydrogen-bond acceptors (Lipinski definition) is 4. The molecule has 0 atom stereocenters. The van der Waals surface area contributed by atoms with Gasteiger partial charge in [0.05, 0.1) is 11.3 Å². The van der Waals surface area contributed by atoms with Crippen molar-refractivity contribution in [3.05, 3.63) is 72.1 Å². The van der Waals surface area contributed by atoms with Crippen LogP contribution in [0.15, 0.2) is 60.9 Å². The van der Waals surface area contributed by atoms with Gasteiger partial charge in [0, 0.05) is 6.54 Å². The first kappa shape index (κ1) is 13.0. The molecule has 0 aliphatic heterocycles. The number of benzene rings is 2. The van der Waals surface area contributed by atoms with Crippen LogP contribution in [0.3, 0.4) is 0 Å². The molecule has 1 N–H and O–H groups in total. The van der Waals surface area contributed by atoms with Crippen molar-refractivity contribution in [2.45, 2.75) is 6.54 Å². The number of tetrazole rings is 1. The number of nitrogens with zero attached hydrogens (tertiary/aromatic N) is 4. The van der Waals surface area contributed by atoms with Crippen LogP contribution in [0.2, 0.25) is 0 Å². The summed E-state index contributed by atoms with van der Waals surface area (Å²) >= 11 is 0. The molecule has 6 nitrogen and oxygen atoms in total. The molecule has 6 heteroatoms. The third-order valence-electron chi connectivity index (χ3n) is 3.04. The SMILES string of the molecule is O=C(NCc1ccccc1)c1ccccc1-n1cnnn1. The Morgan fingerprint density at radius 1 is 1.05 bits per heavy atom. The number of rotatable bonds is 4. The number of carbonyl (C=O) groups is 1. The van der Waals surface area contributed by atoms with E-state index in [-0.39, 0.29) is 5.91 Å². The van der Waals surface area contributed by atoms with Crippen LogP contribution in [0.4, 0.5) is 0 Å². The van der Waals surface area contributed by atoms with Gasteiger partial charge in [0.2, 0.25) is 0 Å². The first-order valence-electron chi connectivity index (χ1n) is 6.49. The normalized spacial score (nSPS) is 10.3. The zero-order valence-electron chi connectivity index (χ0n) is 11.2. The molecule has 21 heavy (non-hydrogen) atoms. The van der Waals surface area contributed by atoms with Gasteiger partial charge in [-0.3, -0.25) is 4.79 Å². The maximum absolute atomic E-state index is 12.3. The van der Waals surface area contributed by atoms with Crippen molar-refractivity contribution in [1.82, 2.24) is 25.5 Å². The van der Waals surface area contributed by atoms with Gasteiger partial charge in [0.25, 0.3) is 5.91 Å². The molecule has 0 aliphatic carbocycles. The fraction of sp³-hybridized carbons (Fsp3) is 0.0667. The molecule has 0 saturated carbocycles. The average Bonchev–Trinajstić information content (AvgIpc) is 3.08. The number of nitrogens with one attached hydrogen (secondary N) is 1. The van der Waals surface area contributed by atoms with Gasteiger partial charge in [-0.05, 0) is 28.1 Å². The zero-order chi connectivity index (χ0) is 14.5. The Bertz CT molecular complexity index is 725. The van der Waals surface area contributed by atoms with Gasteiger partial charge in [0.15, 0.2) is 0 Å². The van der Waals surface area contributed by atoms with Crippen molar-refractivity contribution in [2.24, 2.45) is 0 Å². The number of aromatic nitrogens is 4. The lowest BCUT2D eigenvalue weighted by atomic mass is 10.1. The summed E-state index contributed by atoms with van der Waals surface area (Å²) in [5.74, 6) is -0.162. The molecular weight excluding hydrogens is 266 g/mol. The zero-order valence-corrected chi connectivity index (χ0v) is 11.2. The topological polar surface area (TPSA) is 72.7 Å². The van der Waals surface area contributed by atoms with E-state index in [0.29, 0.717) is 17.8 Å². The molecule has 0 saturated heterocycles. The van der Waals surface area contributed by atoms with Crippen LogP contribution in [0.1, 0.15) is 15.9 Å². The molecule has 3 aromatic rings. The highest BCUT2D eigenvalue weighted by atomic mass is 16.1. The van der Waals surface area contributed by atoms with E-state index in [1.54, 1.807) is 12.1 Å². The van der Waals surface area contributed by atoms with Crippen molar-refractivity contribution < 1.29 is 4.79 Å². The maximum atomic E-state index is 12.3. The van der Waals surface area contributed by atoms with E-state index in [1.165, 1.54) is 11.0 Å². The van der Waals surface area contributed by atoms with Gasteiger partial charge in [-0.2, -0.15) is 4.68 Å². The van der Waals surface area contributed by atoms with Crippen molar-refractivity contribution in [2.75, 3.05) is 0 Å². The molecule has 2 aromatic carbocycles. The highest BCUT2D eigenvalue weighted by Crippen LogP contribution is 2.12. The Kier molecular flexibility index (Phi) is 3.68. The smallest absolute Gasteiger partial charge is 0.253 e. The number of para-hydroxylation sites is 1. The van der Waals surface area contributed by atoms with Gasteiger partial charge in [-0.1, -0.05) is 42.5 Å². The van der Waals surface area contributed by atoms with E-state index >= 15 is 0 Å². The minimum atomic E-state index is -0.162. The molecule has 1 amide bonds. The second-order valence-corrected chi connectivity index (χ2v) is 4.44. The molecule has 0 spiro atoms. The first-order valence-corrected chi connectivity index (χ1v) is 6.49. The van der Waals surface area contributed by atoms with Crippen molar-refractivity contribution in [1.29, 1.82) is 0 Å². The maximum Gasteiger partial charge on any atom is 0.253 e. The Morgan fingerprint density at radius 3 is 2.57 bits per heavy atom. The minimum Gasteiger partial charge on any atom is -0.348 e. The van der Waals surface area contributed by atoms with Crippen LogP contribution in [-0.4, -0.2) is 26.1 Å². The predicted molar refractivity (Wildman–Crippen MR) is 76.8 cm³/mol. The van der Waals surface area contributed by atoms with Crippen LogP contribution in [0.25, 0.3) is 5.69 Å². The van der Waals surface area contributed by atoms with Crippen LogP contribution < -0.4 is 5.32 Å². The lowest BCUT2D eigenvalue weighted by Gasteiger charge is -2.09. The van der Waals surface area contributed by atoms with E-state index in [4.69, 9.17) is 0 Å². The molecule has 0 fully saturated rings. The number of hydrogen-bond donors (Lipinski definition) is 1. The summed E-state index contributed by atoms with van der Waals surface area (Å²) < 4.78 is 1.47. The van der Waals surface area contributed by atoms with Gasteiger partial charge < -0.3 is 5.32 Å². The highest BCUT2D eigenvalue weighted by molar-refractivity contribution is 5.97. The quantitative estimate of drug-likeness (QED) is 0.787. The summed E-state index contributed by atoms with van der Waals surface area (Å²) in [4.78, 5) is 12.3. The van der Waals surface area contributed by atoms with Crippen molar-refractivity contribution in [3.8, 4) is 5.69 Å². The van der Waals surface area contributed by atoms with Crippen LogP contribution in [0.5, 0.6) is 0 Å². The van der Waals surface area contributed by atoms with Gasteiger partial charge >= 0.3 is 0 Å². The van der Waals surface area contributed by atoms with E-state index in [9.17, 15) is 4.79 Å². The number of carbonyl (C=O) groups excluding carboxylic acids is 1. The van der Waals surface area contributed by atoms with Gasteiger partial charge in [-0.25, -0.2) is 0 Å². The summed E-state index contributed by atoms with van der Waals surface area (Å²) in [6.07, 6.45) is 1.46. The Hall–Kier alpha value is -3.02. The van der Waals surface area contributed by atoms with Gasteiger partial charge in [-0.15, -0.1) is 5.10 Å². The molecular formula is C15H13N5O. The average molecular weight is 279 g/mol. The molecule has 0 unspecified atom stereocenters. The minimum absolute atomic E-state index is 0.162. The molecule has 1 aromatic heterocycles. The summed E-state index contributed by atoms with van der Waals surface area (Å²) in [7, 11) is 0. The molecule has 0 aliphatic rings. The van der Waals surface area contributed by atoms with E-state index in [1.807, 2.05) is 42.5 Å². The monoisotopic (exact) mass is 279 g/mol. The fourth-order valence-electron chi connectivity index (χ4n) is 2.01. The molecule has 0 radical (unpaired) electrons. The molecule has 1 heterocycles. The summed E-state index contributed by atoms with van der Waals surface area (Å²) in [6.45, 7) is 0.476. The van der Waals surface area contributed by atoms with Crippen LogP contribution >= 0.6 is 0 Å². The number of amides is 1. The second kappa shape index (κ2) is 5.96. The van der Waals surface area contributed by atoms with Gasteiger partial charge in [0.1, 0.15) is 6.33 Å². The summed E-state index contributed by atoms with van der Waals surface area (Å²) in [5, 5.41) is 13.9. The standard InChI is InChI=1S/C15H13N5O/c21-15(16-10-12-6-2-1-3-7-12)13-8-4-5-9-14(13)20-11-17-18-19-20/h1-9,11H,10H2,(H,16,21). The van der Waals surface area contributed by atoms with Crippen molar-refractivity contribution >= 4 is 5.91 Å².